The minimum absolute atomic E-state index is 0.0628. The third kappa shape index (κ3) is 3.56. The lowest BCUT2D eigenvalue weighted by Gasteiger charge is -2.32. The molecule has 2 aromatic heterocycles. The Labute approximate surface area is 162 Å². The SMILES string of the molecule is COCc1nnc2n1[C@@H](C)CN(C(=O)c1cnc(Nc3ccccc3)nc1)C2. The Morgan fingerprint density at radius 1 is 1.21 bits per heavy atom. The maximum absolute atomic E-state index is 12.9. The zero-order chi connectivity index (χ0) is 19.5. The monoisotopic (exact) mass is 379 g/mol. The van der Waals surface area contributed by atoms with E-state index in [0.29, 0.717) is 31.2 Å². The fraction of sp³-hybridized carbons (Fsp3) is 0.316. The van der Waals surface area contributed by atoms with Crippen LogP contribution < -0.4 is 5.32 Å². The van der Waals surface area contributed by atoms with E-state index < -0.39 is 0 Å². The Morgan fingerprint density at radius 3 is 2.68 bits per heavy atom. The summed E-state index contributed by atoms with van der Waals surface area (Å²) in [6.07, 6.45) is 3.09. The van der Waals surface area contributed by atoms with Gasteiger partial charge in [0, 0.05) is 31.7 Å². The number of amides is 1. The van der Waals surface area contributed by atoms with E-state index in [9.17, 15) is 4.79 Å². The van der Waals surface area contributed by atoms with Gasteiger partial charge >= 0.3 is 0 Å². The van der Waals surface area contributed by atoms with Crippen molar-refractivity contribution >= 4 is 17.5 Å². The molecule has 0 fully saturated rings. The number of aromatic nitrogens is 5. The molecular weight excluding hydrogens is 358 g/mol. The summed E-state index contributed by atoms with van der Waals surface area (Å²) < 4.78 is 7.21. The van der Waals surface area contributed by atoms with Crippen molar-refractivity contribution in [2.24, 2.45) is 0 Å². The summed E-state index contributed by atoms with van der Waals surface area (Å²) in [7, 11) is 1.63. The van der Waals surface area contributed by atoms with E-state index >= 15 is 0 Å². The summed E-state index contributed by atoms with van der Waals surface area (Å²) in [6.45, 7) is 3.39. The van der Waals surface area contributed by atoms with Crippen LogP contribution in [0.2, 0.25) is 0 Å². The zero-order valence-corrected chi connectivity index (χ0v) is 15.7. The molecule has 1 aromatic carbocycles. The molecule has 1 N–H and O–H groups in total. The Hall–Kier alpha value is -3.33. The fourth-order valence-corrected chi connectivity index (χ4v) is 3.33. The molecule has 144 valence electrons. The number of hydrogen-bond donors (Lipinski definition) is 1. The third-order valence-corrected chi connectivity index (χ3v) is 4.58. The van der Waals surface area contributed by atoms with Crippen LogP contribution in [-0.4, -0.2) is 49.2 Å². The Bertz CT molecular complexity index is 956. The van der Waals surface area contributed by atoms with E-state index in [-0.39, 0.29) is 11.9 Å². The van der Waals surface area contributed by atoms with Crippen LogP contribution in [0.4, 0.5) is 11.6 Å². The lowest BCUT2D eigenvalue weighted by molar-refractivity contribution is 0.0674. The standard InChI is InChI=1S/C19H21N7O2/c1-13-10-25(11-16-23-24-17(12-28-2)26(13)16)18(27)14-8-20-19(21-9-14)22-15-6-4-3-5-7-15/h3-9,13H,10-12H2,1-2H3,(H,20,21,22)/t13-/m0/s1. The minimum atomic E-state index is -0.124. The van der Waals surface area contributed by atoms with Gasteiger partial charge in [-0.1, -0.05) is 18.2 Å². The number of ether oxygens (including phenoxy) is 1. The molecule has 9 heteroatoms. The van der Waals surface area contributed by atoms with Crippen LogP contribution in [0.1, 0.15) is 35.0 Å². The van der Waals surface area contributed by atoms with E-state index in [0.717, 1.165) is 17.3 Å². The van der Waals surface area contributed by atoms with Crippen LogP contribution in [-0.2, 0) is 17.9 Å². The molecule has 0 radical (unpaired) electrons. The van der Waals surface area contributed by atoms with Gasteiger partial charge in [-0.25, -0.2) is 9.97 Å². The summed E-state index contributed by atoms with van der Waals surface area (Å²) in [5.74, 6) is 1.85. The van der Waals surface area contributed by atoms with Gasteiger partial charge in [-0.2, -0.15) is 0 Å². The first-order valence-corrected chi connectivity index (χ1v) is 9.00. The number of nitrogens with zero attached hydrogens (tertiary/aromatic N) is 6. The lowest BCUT2D eigenvalue weighted by atomic mass is 10.2. The molecule has 4 rings (SSSR count). The predicted molar refractivity (Wildman–Crippen MR) is 102 cm³/mol. The van der Waals surface area contributed by atoms with Crippen LogP contribution in [0.25, 0.3) is 0 Å². The molecule has 3 heterocycles. The molecule has 0 spiro atoms. The third-order valence-electron chi connectivity index (χ3n) is 4.58. The second kappa shape index (κ2) is 7.73. The number of nitrogens with one attached hydrogen (secondary N) is 1. The van der Waals surface area contributed by atoms with Crippen molar-refractivity contribution in [1.29, 1.82) is 0 Å². The Balaban J connectivity index is 1.47. The number of benzene rings is 1. The Morgan fingerprint density at radius 2 is 1.96 bits per heavy atom. The molecule has 1 aliphatic heterocycles. The second-order valence-corrected chi connectivity index (χ2v) is 6.66. The summed E-state index contributed by atoms with van der Waals surface area (Å²) in [6, 6.07) is 9.69. The Kier molecular flexibility index (Phi) is 4.98. The van der Waals surface area contributed by atoms with E-state index in [2.05, 4.69) is 25.5 Å². The summed E-state index contributed by atoms with van der Waals surface area (Å²) in [4.78, 5) is 23.2. The van der Waals surface area contributed by atoms with Gasteiger partial charge in [-0.05, 0) is 19.1 Å². The average Bonchev–Trinajstić information content (AvgIpc) is 3.12. The van der Waals surface area contributed by atoms with Gasteiger partial charge in [0.05, 0.1) is 18.2 Å². The summed E-state index contributed by atoms with van der Waals surface area (Å²) in [5, 5.41) is 11.5. The van der Waals surface area contributed by atoms with Gasteiger partial charge in [0.15, 0.2) is 11.6 Å². The van der Waals surface area contributed by atoms with E-state index in [1.807, 2.05) is 41.8 Å². The molecule has 0 saturated heterocycles. The number of anilines is 2. The number of carbonyl (C=O) groups excluding carboxylic acids is 1. The van der Waals surface area contributed by atoms with Crippen LogP contribution in [0, 0.1) is 0 Å². The van der Waals surface area contributed by atoms with Crippen molar-refractivity contribution in [3.63, 3.8) is 0 Å². The molecule has 3 aromatic rings. The number of carbonyl (C=O) groups is 1. The van der Waals surface area contributed by atoms with Gasteiger partial charge in [0.25, 0.3) is 5.91 Å². The van der Waals surface area contributed by atoms with Crippen molar-refractivity contribution in [3.8, 4) is 0 Å². The van der Waals surface area contributed by atoms with E-state index in [4.69, 9.17) is 4.74 Å². The first-order chi connectivity index (χ1) is 13.7. The lowest BCUT2D eigenvalue weighted by Crippen LogP contribution is -2.41. The first-order valence-electron chi connectivity index (χ1n) is 9.00. The highest BCUT2D eigenvalue weighted by molar-refractivity contribution is 5.93. The van der Waals surface area contributed by atoms with E-state index in [1.165, 1.54) is 0 Å². The summed E-state index contributed by atoms with van der Waals surface area (Å²) >= 11 is 0. The van der Waals surface area contributed by atoms with Crippen LogP contribution in [0.3, 0.4) is 0 Å². The number of hydrogen-bond acceptors (Lipinski definition) is 7. The second-order valence-electron chi connectivity index (χ2n) is 6.66. The van der Waals surface area contributed by atoms with Crippen LogP contribution >= 0.6 is 0 Å². The topological polar surface area (TPSA) is 98.1 Å². The van der Waals surface area contributed by atoms with Crippen molar-refractivity contribution in [2.45, 2.75) is 26.1 Å². The maximum atomic E-state index is 12.9. The molecule has 0 bridgehead atoms. The first kappa shape index (κ1) is 18.1. The molecule has 0 unspecified atom stereocenters. The molecule has 9 nitrogen and oxygen atoms in total. The van der Waals surface area contributed by atoms with Crippen molar-refractivity contribution in [2.75, 3.05) is 19.0 Å². The number of rotatable bonds is 5. The predicted octanol–water partition coefficient (Wildman–Crippen LogP) is 2.18. The van der Waals surface area contributed by atoms with Crippen LogP contribution in [0.15, 0.2) is 42.7 Å². The molecular formula is C19H21N7O2. The van der Waals surface area contributed by atoms with Gasteiger partial charge in [-0.15, -0.1) is 10.2 Å². The van der Waals surface area contributed by atoms with Gasteiger partial charge in [0.2, 0.25) is 5.95 Å². The van der Waals surface area contributed by atoms with Crippen molar-refractivity contribution in [1.82, 2.24) is 29.6 Å². The maximum Gasteiger partial charge on any atom is 0.257 e. The largest absolute Gasteiger partial charge is 0.377 e. The quantitative estimate of drug-likeness (QED) is 0.725. The minimum Gasteiger partial charge on any atom is -0.377 e. The molecule has 28 heavy (non-hydrogen) atoms. The molecule has 1 amide bonds. The molecule has 0 saturated carbocycles. The van der Waals surface area contributed by atoms with Crippen LogP contribution in [0.5, 0.6) is 0 Å². The average molecular weight is 379 g/mol. The van der Waals surface area contributed by atoms with Crippen molar-refractivity contribution < 1.29 is 9.53 Å². The normalized spacial score (nSPS) is 15.9. The highest BCUT2D eigenvalue weighted by Crippen LogP contribution is 2.23. The highest BCUT2D eigenvalue weighted by atomic mass is 16.5. The zero-order valence-electron chi connectivity index (χ0n) is 15.7. The molecule has 1 atom stereocenters. The van der Waals surface area contributed by atoms with E-state index in [1.54, 1.807) is 24.4 Å². The van der Waals surface area contributed by atoms with Gasteiger partial charge in [0.1, 0.15) is 6.61 Å². The van der Waals surface area contributed by atoms with Gasteiger partial charge in [-0.3, -0.25) is 4.79 Å². The smallest absolute Gasteiger partial charge is 0.257 e. The molecule has 0 aliphatic carbocycles. The highest BCUT2D eigenvalue weighted by Gasteiger charge is 2.29. The fourth-order valence-electron chi connectivity index (χ4n) is 3.33. The number of para-hydroxylation sites is 1. The molecule has 1 aliphatic rings. The number of methoxy groups -OCH3 is 1. The number of fused-ring (bicyclic) bond motifs is 1. The van der Waals surface area contributed by atoms with Gasteiger partial charge < -0.3 is 19.5 Å². The summed E-state index contributed by atoms with van der Waals surface area (Å²) in [5.41, 5.74) is 1.33. The van der Waals surface area contributed by atoms with Crippen molar-refractivity contribution in [3.05, 3.63) is 59.9 Å².